The van der Waals surface area contributed by atoms with Crippen LogP contribution in [0.1, 0.15) is 12.5 Å². The van der Waals surface area contributed by atoms with E-state index in [2.05, 4.69) is 4.99 Å². The van der Waals surface area contributed by atoms with E-state index < -0.39 is 0 Å². The van der Waals surface area contributed by atoms with Crippen LogP contribution in [0.2, 0.25) is 0 Å². The lowest BCUT2D eigenvalue weighted by Crippen LogP contribution is -2.20. The van der Waals surface area contributed by atoms with Crippen molar-refractivity contribution in [1.29, 1.82) is 0 Å². The van der Waals surface area contributed by atoms with E-state index in [4.69, 9.17) is 4.74 Å². The van der Waals surface area contributed by atoms with Crippen LogP contribution in [0.5, 0.6) is 0 Å². The molecule has 3 aromatic rings. The van der Waals surface area contributed by atoms with Crippen LogP contribution >= 0.6 is 23.1 Å². The number of thioether (sulfide) groups is 1. The van der Waals surface area contributed by atoms with Gasteiger partial charge in [0, 0.05) is 18.9 Å². The lowest BCUT2D eigenvalue weighted by Gasteiger charge is -2.05. The maximum absolute atomic E-state index is 13.5. The summed E-state index contributed by atoms with van der Waals surface area (Å²) in [6.45, 7) is 3.65. The van der Waals surface area contributed by atoms with Crippen LogP contribution in [-0.4, -0.2) is 29.4 Å². The summed E-state index contributed by atoms with van der Waals surface area (Å²) >= 11 is 2.86. The SMILES string of the molecule is CCOCCn1c(=NC(=O)CSCc2ccccc2)sc2cc(F)ccc21. The minimum atomic E-state index is -0.294. The Balaban J connectivity index is 1.76. The second-order valence-corrected chi connectivity index (χ2v) is 7.82. The van der Waals surface area contributed by atoms with Gasteiger partial charge < -0.3 is 9.30 Å². The van der Waals surface area contributed by atoms with Crippen molar-refractivity contribution in [3.05, 3.63) is 64.7 Å². The Labute approximate surface area is 165 Å². The van der Waals surface area contributed by atoms with Crippen molar-refractivity contribution >= 4 is 39.2 Å². The molecular weight excluding hydrogens is 383 g/mol. The topological polar surface area (TPSA) is 43.6 Å². The first kappa shape index (κ1) is 19.8. The maximum Gasteiger partial charge on any atom is 0.258 e. The van der Waals surface area contributed by atoms with E-state index in [-0.39, 0.29) is 11.7 Å². The average molecular weight is 405 g/mol. The number of amides is 1. The number of ether oxygens (including phenoxy) is 1. The molecule has 27 heavy (non-hydrogen) atoms. The van der Waals surface area contributed by atoms with Gasteiger partial charge in [0.05, 0.1) is 22.6 Å². The number of rotatable bonds is 8. The van der Waals surface area contributed by atoms with E-state index in [9.17, 15) is 9.18 Å². The van der Waals surface area contributed by atoms with Gasteiger partial charge in [-0.3, -0.25) is 4.79 Å². The minimum Gasteiger partial charge on any atom is -0.380 e. The molecule has 0 N–H and O–H groups in total. The third kappa shape index (κ3) is 5.51. The van der Waals surface area contributed by atoms with Crippen LogP contribution in [0.25, 0.3) is 10.2 Å². The van der Waals surface area contributed by atoms with Gasteiger partial charge >= 0.3 is 0 Å². The molecule has 3 rings (SSSR count). The quantitative estimate of drug-likeness (QED) is 0.528. The molecule has 2 aromatic carbocycles. The second-order valence-electron chi connectivity index (χ2n) is 5.83. The number of nitrogens with zero attached hydrogens (tertiary/aromatic N) is 2. The molecule has 7 heteroatoms. The molecule has 0 spiro atoms. The molecule has 4 nitrogen and oxygen atoms in total. The van der Waals surface area contributed by atoms with E-state index >= 15 is 0 Å². The number of hydrogen-bond donors (Lipinski definition) is 0. The summed E-state index contributed by atoms with van der Waals surface area (Å²) in [7, 11) is 0. The second kappa shape index (κ2) is 9.82. The normalized spacial score (nSPS) is 12.0. The summed E-state index contributed by atoms with van der Waals surface area (Å²) in [5.74, 6) is 0.595. The predicted octanol–water partition coefficient (Wildman–Crippen LogP) is 4.24. The number of halogens is 1. The fourth-order valence-electron chi connectivity index (χ4n) is 2.62. The van der Waals surface area contributed by atoms with Crippen molar-refractivity contribution in [3.63, 3.8) is 0 Å². The molecule has 1 heterocycles. The summed E-state index contributed by atoms with van der Waals surface area (Å²) < 4.78 is 21.7. The highest BCUT2D eigenvalue weighted by atomic mass is 32.2. The van der Waals surface area contributed by atoms with Crippen molar-refractivity contribution < 1.29 is 13.9 Å². The first-order chi connectivity index (χ1) is 13.2. The van der Waals surface area contributed by atoms with Gasteiger partial charge in [0.2, 0.25) is 0 Å². The third-order valence-electron chi connectivity index (χ3n) is 3.87. The van der Waals surface area contributed by atoms with Gasteiger partial charge in [-0.05, 0) is 30.7 Å². The van der Waals surface area contributed by atoms with Gasteiger partial charge in [-0.25, -0.2) is 4.39 Å². The number of thiazole rings is 1. The van der Waals surface area contributed by atoms with Gasteiger partial charge in [-0.15, -0.1) is 11.8 Å². The Kier molecular flexibility index (Phi) is 7.20. The Bertz CT molecular complexity index is 967. The zero-order valence-corrected chi connectivity index (χ0v) is 16.7. The Hall–Kier alpha value is -1.96. The van der Waals surface area contributed by atoms with Crippen LogP contribution in [0.3, 0.4) is 0 Å². The van der Waals surface area contributed by atoms with Crippen LogP contribution in [0, 0.1) is 5.82 Å². The number of carbonyl (C=O) groups is 1. The monoisotopic (exact) mass is 404 g/mol. The highest BCUT2D eigenvalue weighted by Gasteiger charge is 2.09. The van der Waals surface area contributed by atoms with Gasteiger partial charge in [-0.1, -0.05) is 41.7 Å². The maximum atomic E-state index is 13.5. The summed E-state index contributed by atoms with van der Waals surface area (Å²) in [6, 6.07) is 14.6. The lowest BCUT2D eigenvalue weighted by atomic mass is 10.2. The summed E-state index contributed by atoms with van der Waals surface area (Å²) in [4.78, 5) is 17.2. The minimum absolute atomic E-state index is 0.187. The fraction of sp³-hybridized carbons (Fsp3) is 0.300. The molecule has 1 aromatic heterocycles. The molecular formula is C20H21FN2O2S2. The van der Waals surface area contributed by atoms with Gasteiger partial charge in [0.15, 0.2) is 4.80 Å². The zero-order chi connectivity index (χ0) is 19.1. The molecule has 0 saturated heterocycles. The number of aromatic nitrogens is 1. The zero-order valence-electron chi connectivity index (χ0n) is 15.1. The first-order valence-electron chi connectivity index (χ1n) is 8.73. The number of fused-ring (bicyclic) bond motifs is 1. The number of carbonyl (C=O) groups excluding carboxylic acids is 1. The molecule has 0 unspecified atom stereocenters. The number of benzene rings is 2. The lowest BCUT2D eigenvalue weighted by molar-refractivity contribution is -0.115. The first-order valence-corrected chi connectivity index (χ1v) is 10.7. The number of hydrogen-bond acceptors (Lipinski definition) is 4. The molecule has 0 aliphatic rings. The van der Waals surface area contributed by atoms with Crippen molar-refractivity contribution in [2.24, 2.45) is 4.99 Å². The highest BCUT2D eigenvalue weighted by molar-refractivity contribution is 7.99. The molecule has 0 aliphatic heterocycles. The highest BCUT2D eigenvalue weighted by Crippen LogP contribution is 2.19. The van der Waals surface area contributed by atoms with Crippen LogP contribution in [0.4, 0.5) is 4.39 Å². The summed E-state index contributed by atoms with van der Waals surface area (Å²) in [5.41, 5.74) is 2.05. The van der Waals surface area contributed by atoms with Crippen LogP contribution in [-0.2, 0) is 21.8 Å². The van der Waals surface area contributed by atoms with E-state index in [1.165, 1.54) is 40.8 Å². The van der Waals surface area contributed by atoms with Crippen LogP contribution < -0.4 is 4.80 Å². The molecule has 0 fully saturated rings. The predicted molar refractivity (Wildman–Crippen MR) is 109 cm³/mol. The molecule has 0 atom stereocenters. The molecule has 1 amide bonds. The molecule has 0 bridgehead atoms. The van der Waals surface area contributed by atoms with Crippen molar-refractivity contribution in [2.45, 2.75) is 19.2 Å². The summed E-state index contributed by atoms with van der Waals surface area (Å²) in [5, 5.41) is 0. The van der Waals surface area contributed by atoms with E-state index in [1.807, 2.05) is 41.8 Å². The summed E-state index contributed by atoms with van der Waals surface area (Å²) in [6.07, 6.45) is 0. The van der Waals surface area contributed by atoms with E-state index in [1.54, 1.807) is 6.07 Å². The van der Waals surface area contributed by atoms with Crippen molar-refractivity contribution in [1.82, 2.24) is 4.57 Å². The van der Waals surface area contributed by atoms with Crippen molar-refractivity contribution in [3.8, 4) is 0 Å². The Morgan fingerprint density at radius 2 is 2.07 bits per heavy atom. The van der Waals surface area contributed by atoms with E-state index in [0.717, 1.165) is 16.0 Å². The fourth-order valence-corrected chi connectivity index (χ4v) is 4.49. The van der Waals surface area contributed by atoms with Gasteiger partial charge in [0.1, 0.15) is 5.82 Å². The Morgan fingerprint density at radius 1 is 1.26 bits per heavy atom. The largest absolute Gasteiger partial charge is 0.380 e. The Morgan fingerprint density at radius 3 is 2.85 bits per heavy atom. The van der Waals surface area contributed by atoms with Crippen molar-refractivity contribution in [2.75, 3.05) is 19.0 Å². The van der Waals surface area contributed by atoms with E-state index in [0.29, 0.717) is 30.3 Å². The molecule has 142 valence electrons. The third-order valence-corrected chi connectivity index (χ3v) is 5.90. The van der Waals surface area contributed by atoms with Gasteiger partial charge in [-0.2, -0.15) is 4.99 Å². The van der Waals surface area contributed by atoms with Gasteiger partial charge in [0.25, 0.3) is 5.91 Å². The van der Waals surface area contributed by atoms with Crippen LogP contribution in [0.15, 0.2) is 53.5 Å². The average Bonchev–Trinajstić information content (AvgIpc) is 2.99. The molecule has 0 saturated carbocycles. The smallest absolute Gasteiger partial charge is 0.258 e. The molecule has 0 radical (unpaired) electrons. The standard InChI is InChI=1S/C20H21FN2O2S2/c1-2-25-11-10-23-17-9-8-16(21)12-18(17)27-20(23)22-19(24)14-26-13-15-6-4-3-5-7-15/h3-9,12H,2,10-11,13-14H2,1H3. The molecule has 0 aliphatic carbocycles.